The lowest BCUT2D eigenvalue weighted by atomic mass is 10.1. The molecule has 0 fully saturated rings. The number of hydrogen-bond donors (Lipinski definition) is 4. The van der Waals surface area contributed by atoms with Gasteiger partial charge >= 0.3 is 0 Å². The maximum atomic E-state index is 13.9. The molecule has 8 heteroatoms. The van der Waals surface area contributed by atoms with E-state index in [4.69, 9.17) is 0 Å². The number of halogens is 1. The Bertz CT molecular complexity index is 1180. The molecule has 7 nitrogen and oxygen atoms in total. The number of aryl methyl sites for hydroxylation is 1. The molecule has 3 rings (SSSR count). The number of carbonyl (C=O) groups excluding carboxylic acids is 3. The second kappa shape index (κ2) is 10.9. The summed E-state index contributed by atoms with van der Waals surface area (Å²) >= 11 is 0. The van der Waals surface area contributed by atoms with Gasteiger partial charge in [-0.05, 0) is 61.4 Å². The van der Waals surface area contributed by atoms with Crippen LogP contribution < -0.4 is 16.0 Å². The van der Waals surface area contributed by atoms with E-state index in [1.165, 1.54) is 36.4 Å². The first-order valence-corrected chi connectivity index (χ1v) is 10.4. The standard InChI is InChI=1S/C25H24FN3O4/c1-16-10-11-18(15-22(16)29-25(33)20-8-2-3-9-21(20)26)24(32)28-13-5-12-27-23(31)17-6-4-7-19(30)14-17/h2-4,6-11,14-15,30H,5,12-13H2,1H3,(H,27,31)(H,28,32)(H,29,33). The van der Waals surface area contributed by atoms with E-state index in [0.29, 0.717) is 36.3 Å². The molecular formula is C25H24FN3O4. The second-order valence-corrected chi connectivity index (χ2v) is 7.38. The van der Waals surface area contributed by atoms with E-state index in [9.17, 15) is 23.9 Å². The molecule has 33 heavy (non-hydrogen) atoms. The molecule has 3 aromatic carbocycles. The van der Waals surface area contributed by atoms with Crippen LogP contribution in [0.4, 0.5) is 10.1 Å². The van der Waals surface area contributed by atoms with Crippen molar-refractivity contribution in [2.24, 2.45) is 0 Å². The van der Waals surface area contributed by atoms with E-state index in [0.717, 1.165) is 5.56 Å². The quantitative estimate of drug-likeness (QED) is 0.394. The number of amides is 3. The molecule has 0 aromatic heterocycles. The van der Waals surface area contributed by atoms with Crippen molar-refractivity contribution in [1.29, 1.82) is 0 Å². The fourth-order valence-corrected chi connectivity index (χ4v) is 3.08. The topological polar surface area (TPSA) is 108 Å². The van der Waals surface area contributed by atoms with Crippen LogP contribution in [-0.4, -0.2) is 35.9 Å². The zero-order chi connectivity index (χ0) is 23.8. The summed E-state index contributed by atoms with van der Waals surface area (Å²) in [5.41, 5.74) is 1.75. The number of aromatic hydroxyl groups is 1. The molecule has 0 saturated heterocycles. The average molecular weight is 449 g/mol. The lowest BCUT2D eigenvalue weighted by molar-refractivity contribution is 0.0949. The Labute approximate surface area is 190 Å². The molecule has 0 unspecified atom stereocenters. The van der Waals surface area contributed by atoms with Gasteiger partial charge < -0.3 is 21.1 Å². The van der Waals surface area contributed by atoms with Crippen LogP contribution in [0.5, 0.6) is 5.75 Å². The Balaban J connectivity index is 1.50. The van der Waals surface area contributed by atoms with E-state index >= 15 is 0 Å². The second-order valence-electron chi connectivity index (χ2n) is 7.38. The summed E-state index contributed by atoms with van der Waals surface area (Å²) in [4.78, 5) is 36.9. The highest BCUT2D eigenvalue weighted by molar-refractivity contribution is 6.05. The van der Waals surface area contributed by atoms with Crippen LogP contribution in [0.25, 0.3) is 0 Å². The first-order valence-electron chi connectivity index (χ1n) is 10.4. The number of phenolic OH excluding ortho intramolecular Hbond substituents is 1. The number of anilines is 1. The number of hydrogen-bond acceptors (Lipinski definition) is 4. The van der Waals surface area contributed by atoms with Crippen molar-refractivity contribution in [2.75, 3.05) is 18.4 Å². The van der Waals surface area contributed by atoms with Gasteiger partial charge in [0.25, 0.3) is 17.7 Å². The summed E-state index contributed by atoms with van der Waals surface area (Å²) in [6.45, 7) is 2.43. The zero-order valence-corrected chi connectivity index (χ0v) is 18.0. The van der Waals surface area contributed by atoms with Gasteiger partial charge in [-0.3, -0.25) is 14.4 Å². The molecule has 0 radical (unpaired) electrons. The average Bonchev–Trinajstić information content (AvgIpc) is 2.80. The van der Waals surface area contributed by atoms with Crippen LogP contribution in [0, 0.1) is 12.7 Å². The van der Waals surface area contributed by atoms with Gasteiger partial charge in [0.1, 0.15) is 11.6 Å². The van der Waals surface area contributed by atoms with Crippen molar-refractivity contribution in [1.82, 2.24) is 10.6 Å². The smallest absolute Gasteiger partial charge is 0.258 e. The van der Waals surface area contributed by atoms with E-state index in [1.54, 1.807) is 37.3 Å². The van der Waals surface area contributed by atoms with E-state index < -0.39 is 11.7 Å². The molecule has 0 aliphatic heterocycles. The monoisotopic (exact) mass is 449 g/mol. The molecule has 4 N–H and O–H groups in total. The zero-order valence-electron chi connectivity index (χ0n) is 18.0. The molecule has 3 aromatic rings. The number of rotatable bonds is 8. The number of carbonyl (C=O) groups is 3. The predicted molar refractivity (Wildman–Crippen MR) is 123 cm³/mol. The minimum Gasteiger partial charge on any atom is -0.508 e. The molecular weight excluding hydrogens is 425 g/mol. The van der Waals surface area contributed by atoms with Crippen molar-refractivity contribution < 1.29 is 23.9 Å². The SMILES string of the molecule is Cc1ccc(C(=O)NCCCNC(=O)c2cccc(O)c2)cc1NC(=O)c1ccccc1F. The van der Waals surface area contributed by atoms with Gasteiger partial charge in [-0.25, -0.2) is 4.39 Å². The number of benzene rings is 3. The van der Waals surface area contributed by atoms with Crippen LogP contribution >= 0.6 is 0 Å². The summed E-state index contributed by atoms with van der Waals surface area (Å²) in [5, 5.41) is 17.6. The minimum atomic E-state index is -0.627. The van der Waals surface area contributed by atoms with Crippen LogP contribution in [0.3, 0.4) is 0 Å². The maximum Gasteiger partial charge on any atom is 0.258 e. The van der Waals surface area contributed by atoms with Crippen molar-refractivity contribution in [2.45, 2.75) is 13.3 Å². The molecule has 0 aliphatic carbocycles. The van der Waals surface area contributed by atoms with Crippen LogP contribution in [0.1, 0.15) is 43.1 Å². The summed E-state index contributed by atoms with van der Waals surface area (Å²) < 4.78 is 13.9. The van der Waals surface area contributed by atoms with Crippen molar-refractivity contribution in [3.63, 3.8) is 0 Å². The highest BCUT2D eigenvalue weighted by Gasteiger charge is 2.14. The molecule has 3 amide bonds. The van der Waals surface area contributed by atoms with Gasteiger partial charge in [0.05, 0.1) is 5.56 Å². The Hall–Kier alpha value is -4.20. The first kappa shape index (κ1) is 23.5. The van der Waals surface area contributed by atoms with Crippen LogP contribution in [0.15, 0.2) is 66.7 Å². The lowest BCUT2D eigenvalue weighted by Gasteiger charge is -2.12. The molecule has 0 aliphatic rings. The van der Waals surface area contributed by atoms with Crippen LogP contribution in [-0.2, 0) is 0 Å². The van der Waals surface area contributed by atoms with Gasteiger partial charge in [0.15, 0.2) is 0 Å². The van der Waals surface area contributed by atoms with Gasteiger partial charge in [-0.15, -0.1) is 0 Å². The summed E-state index contributed by atoms with van der Waals surface area (Å²) in [7, 11) is 0. The number of nitrogens with one attached hydrogen (secondary N) is 3. The molecule has 0 atom stereocenters. The first-order chi connectivity index (χ1) is 15.8. The number of phenols is 1. The Morgan fingerprint density at radius 2 is 1.48 bits per heavy atom. The molecule has 170 valence electrons. The summed E-state index contributed by atoms with van der Waals surface area (Å²) in [6.07, 6.45) is 0.499. The summed E-state index contributed by atoms with van der Waals surface area (Å²) in [5.74, 6) is -1.87. The Morgan fingerprint density at radius 3 is 2.15 bits per heavy atom. The van der Waals surface area contributed by atoms with Crippen molar-refractivity contribution >= 4 is 23.4 Å². The van der Waals surface area contributed by atoms with Gasteiger partial charge in [-0.1, -0.05) is 24.3 Å². The fraction of sp³-hybridized carbons (Fsp3) is 0.160. The van der Waals surface area contributed by atoms with E-state index in [1.807, 2.05) is 0 Å². The normalized spacial score (nSPS) is 10.4. The third-order valence-corrected chi connectivity index (χ3v) is 4.90. The van der Waals surface area contributed by atoms with Crippen LogP contribution in [0.2, 0.25) is 0 Å². The molecule has 0 saturated carbocycles. The third kappa shape index (κ3) is 6.39. The van der Waals surface area contributed by atoms with E-state index in [2.05, 4.69) is 16.0 Å². The molecule has 0 heterocycles. The summed E-state index contributed by atoms with van der Waals surface area (Å²) in [6, 6.07) is 16.6. The van der Waals surface area contributed by atoms with E-state index in [-0.39, 0.29) is 23.1 Å². The molecule has 0 bridgehead atoms. The van der Waals surface area contributed by atoms with Gasteiger partial charge in [0.2, 0.25) is 0 Å². The van der Waals surface area contributed by atoms with Crippen molar-refractivity contribution in [3.8, 4) is 5.75 Å². The Morgan fingerprint density at radius 1 is 0.818 bits per heavy atom. The van der Waals surface area contributed by atoms with Gasteiger partial charge in [-0.2, -0.15) is 0 Å². The van der Waals surface area contributed by atoms with Gasteiger partial charge in [0, 0.05) is 29.9 Å². The maximum absolute atomic E-state index is 13.9. The molecule has 0 spiro atoms. The largest absolute Gasteiger partial charge is 0.508 e. The minimum absolute atomic E-state index is 0.0115. The van der Waals surface area contributed by atoms with Crippen molar-refractivity contribution in [3.05, 3.63) is 94.8 Å². The fourth-order valence-electron chi connectivity index (χ4n) is 3.08. The highest BCUT2D eigenvalue weighted by atomic mass is 19.1. The predicted octanol–water partition coefficient (Wildman–Crippen LogP) is 3.64. The highest BCUT2D eigenvalue weighted by Crippen LogP contribution is 2.19. The Kier molecular flexibility index (Phi) is 7.75. The lowest BCUT2D eigenvalue weighted by Crippen LogP contribution is -2.30. The third-order valence-electron chi connectivity index (χ3n) is 4.90.